The van der Waals surface area contributed by atoms with Crippen LogP contribution in [0.3, 0.4) is 0 Å². The topological polar surface area (TPSA) is 73.3 Å². The van der Waals surface area contributed by atoms with E-state index in [1.807, 2.05) is 39.8 Å². The van der Waals surface area contributed by atoms with E-state index >= 15 is 0 Å². The number of allylic oxidation sites excluding steroid dienone is 9. The molecular weight excluding hydrogens is 523 g/mol. The molecule has 7 heteroatoms. The Kier molecular flexibility index (Phi) is 16.9. The van der Waals surface area contributed by atoms with Crippen molar-refractivity contribution in [3.05, 3.63) is 107 Å². The van der Waals surface area contributed by atoms with Crippen LogP contribution in [0, 0.1) is 17.2 Å². The van der Waals surface area contributed by atoms with Crippen LogP contribution in [-0.4, -0.2) is 28.9 Å². The Morgan fingerprint density at radius 3 is 2.05 bits per heavy atom. The summed E-state index contributed by atoms with van der Waals surface area (Å²) in [6.07, 6.45) is 11.1. The monoisotopic (exact) mass is 567 g/mol. The van der Waals surface area contributed by atoms with E-state index in [1.54, 1.807) is 37.1 Å². The number of amidine groups is 1. The number of amides is 2. The molecule has 39 heavy (non-hydrogen) atoms. The minimum Gasteiger partial charge on any atom is -0.310 e. The molecular formula is C32H45N3O2S2. The van der Waals surface area contributed by atoms with Crippen molar-refractivity contribution >= 4 is 40.5 Å². The summed E-state index contributed by atoms with van der Waals surface area (Å²) in [6.45, 7) is 33.0. The Hall–Kier alpha value is -3.03. The number of hydrogen-bond donors (Lipinski definition) is 2. The van der Waals surface area contributed by atoms with E-state index in [2.05, 4.69) is 44.8 Å². The third kappa shape index (κ3) is 12.6. The molecule has 2 N–H and O–H groups in total. The van der Waals surface area contributed by atoms with Gasteiger partial charge in [-0.15, -0.1) is 0 Å². The van der Waals surface area contributed by atoms with E-state index in [9.17, 15) is 9.59 Å². The highest BCUT2D eigenvalue weighted by atomic mass is 32.2. The number of nitrogens with one attached hydrogen (secondary N) is 2. The van der Waals surface area contributed by atoms with Crippen LogP contribution in [0.25, 0.3) is 0 Å². The van der Waals surface area contributed by atoms with Crippen molar-refractivity contribution in [3.8, 4) is 0 Å². The van der Waals surface area contributed by atoms with Crippen LogP contribution < -0.4 is 5.32 Å². The number of hydrogen-bond acceptors (Lipinski definition) is 5. The maximum Gasteiger partial charge on any atom is 0.234 e. The molecule has 2 amide bonds. The van der Waals surface area contributed by atoms with Gasteiger partial charge in [-0.25, -0.2) is 0 Å². The summed E-state index contributed by atoms with van der Waals surface area (Å²) in [5.74, 6) is -1.11. The van der Waals surface area contributed by atoms with Gasteiger partial charge in [0.05, 0.1) is 16.9 Å². The van der Waals surface area contributed by atoms with Gasteiger partial charge in [0, 0.05) is 7.05 Å². The number of thioether (sulfide) groups is 2. The molecule has 0 aliphatic heterocycles. The van der Waals surface area contributed by atoms with E-state index in [0.29, 0.717) is 17.9 Å². The van der Waals surface area contributed by atoms with Gasteiger partial charge in [-0.3, -0.25) is 15.0 Å². The second-order valence-corrected chi connectivity index (χ2v) is 11.6. The van der Waals surface area contributed by atoms with Gasteiger partial charge in [-0.05, 0) is 80.4 Å². The number of carbonyl (C=O) groups is 2. The van der Waals surface area contributed by atoms with Gasteiger partial charge in [-0.2, -0.15) is 0 Å². The van der Waals surface area contributed by atoms with E-state index in [1.165, 1.54) is 11.8 Å². The largest absolute Gasteiger partial charge is 0.310 e. The third-order valence-corrected chi connectivity index (χ3v) is 7.76. The van der Waals surface area contributed by atoms with E-state index in [4.69, 9.17) is 5.41 Å². The van der Waals surface area contributed by atoms with Gasteiger partial charge in [-0.1, -0.05) is 99.0 Å². The average molecular weight is 568 g/mol. The molecule has 0 rings (SSSR count). The molecule has 5 nitrogen and oxygen atoms in total. The molecule has 2 atom stereocenters. The second kappa shape index (κ2) is 18.3. The Labute approximate surface area is 244 Å². The van der Waals surface area contributed by atoms with Crippen LogP contribution >= 0.6 is 23.5 Å². The summed E-state index contributed by atoms with van der Waals surface area (Å²) in [5.41, 5.74) is 3.45. The van der Waals surface area contributed by atoms with Gasteiger partial charge in [0.25, 0.3) is 0 Å². The quantitative estimate of drug-likeness (QED) is 0.111. The molecule has 0 aromatic heterocycles. The van der Waals surface area contributed by atoms with Crippen LogP contribution in [-0.2, 0) is 9.59 Å². The van der Waals surface area contributed by atoms with Crippen molar-refractivity contribution in [2.45, 2.75) is 53.9 Å². The van der Waals surface area contributed by atoms with Crippen LogP contribution in [0.15, 0.2) is 107 Å². The van der Waals surface area contributed by atoms with Gasteiger partial charge < -0.3 is 10.2 Å². The number of carbonyl (C=O) groups excluding carboxylic acids is 2. The lowest BCUT2D eigenvalue weighted by molar-refractivity contribution is -0.130. The fourth-order valence-corrected chi connectivity index (χ4v) is 5.09. The maximum absolute atomic E-state index is 13.1. The molecule has 0 aliphatic carbocycles. The lowest BCUT2D eigenvalue weighted by Gasteiger charge is -2.24. The zero-order chi connectivity index (χ0) is 30.3. The predicted octanol–water partition coefficient (Wildman–Crippen LogP) is 8.67. The lowest BCUT2D eigenvalue weighted by atomic mass is 9.94. The second-order valence-electron chi connectivity index (χ2n) is 9.17. The summed E-state index contributed by atoms with van der Waals surface area (Å²) in [6, 6.07) is 0. The molecule has 0 radical (unpaired) electrons. The first-order chi connectivity index (χ1) is 18.2. The van der Waals surface area contributed by atoms with Gasteiger partial charge in [0.15, 0.2) is 5.17 Å². The standard InChI is InChI=1S/C32H45N3O2S2/c1-13-17-28(21(4)5)25(9)30(36)34-32(33)39-24(8)20-16-19-23(7)38-27(11)35(12)31(37)26(10)29(18-14-2)22(6)15-3/h13-15,17-18,25-26H,1,3-4,7-8,11,16,19-20H2,2,5-6,9-10,12H3,(H2,33,34,36)/b18-14-,28-17+,29-22+. The first kappa shape index (κ1) is 36.0. The molecule has 212 valence electrons. The summed E-state index contributed by atoms with van der Waals surface area (Å²) >= 11 is 2.52. The fourth-order valence-electron chi connectivity index (χ4n) is 3.60. The highest BCUT2D eigenvalue weighted by Gasteiger charge is 2.23. The van der Waals surface area contributed by atoms with Crippen molar-refractivity contribution in [3.63, 3.8) is 0 Å². The van der Waals surface area contributed by atoms with Gasteiger partial charge in [0.1, 0.15) is 0 Å². The molecule has 0 aliphatic rings. The Morgan fingerprint density at radius 1 is 1.00 bits per heavy atom. The van der Waals surface area contributed by atoms with Crippen LogP contribution in [0.4, 0.5) is 0 Å². The Balaban J connectivity index is 4.77. The predicted molar refractivity (Wildman–Crippen MR) is 174 cm³/mol. The van der Waals surface area contributed by atoms with Crippen LogP contribution in [0.1, 0.15) is 53.9 Å². The molecule has 0 heterocycles. The maximum atomic E-state index is 13.1. The summed E-state index contributed by atoms with van der Waals surface area (Å²) in [7, 11) is 1.73. The highest BCUT2D eigenvalue weighted by Crippen LogP contribution is 2.32. The normalized spacial score (nSPS) is 13.5. The van der Waals surface area contributed by atoms with Gasteiger partial charge in [0.2, 0.25) is 11.8 Å². The smallest absolute Gasteiger partial charge is 0.234 e. The molecule has 2 unspecified atom stereocenters. The first-order valence-electron chi connectivity index (χ1n) is 12.7. The molecule has 0 bridgehead atoms. The van der Waals surface area contributed by atoms with Crippen molar-refractivity contribution < 1.29 is 9.59 Å². The minimum atomic E-state index is -0.451. The van der Waals surface area contributed by atoms with Crippen molar-refractivity contribution in [2.24, 2.45) is 11.8 Å². The molecule has 0 saturated carbocycles. The fraction of sp³-hybridized carbons (Fsp3) is 0.344. The van der Waals surface area contributed by atoms with E-state index in [-0.39, 0.29) is 22.9 Å². The summed E-state index contributed by atoms with van der Waals surface area (Å²) in [4.78, 5) is 28.9. The molecule has 0 aromatic rings. The number of rotatable bonds is 16. The zero-order valence-electron chi connectivity index (χ0n) is 24.5. The Morgan fingerprint density at radius 2 is 1.56 bits per heavy atom. The van der Waals surface area contributed by atoms with E-state index < -0.39 is 5.92 Å². The lowest BCUT2D eigenvalue weighted by Crippen LogP contribution is -2.33. The Bertz CT molecular complexity index is 1110. The number of nitrogens with zero attached hydrogens (tertiary/aromatic N) is 1. The first-order valence-corrected chi connectivity index (χ1v) is 14.4. The van der Waals surface area contributed by atoms with Crippen LogP contribution in [0.2, 0.25) is 0 Å². The molecule has 0 aromatic carbocycles. The SMILES string of the molecule is C=C/C=C(\C(=C)C)C(C)C(=O)NC(=N)SC(=C)CCCC(=C)SC(=C)N(C)C(=O)C(C)C(/C=C\C)=C(\C)C=C. The summed E-state index contributed by atoms with van der Waals surface area (Å²) in [5, 5.41) is 11.4. The van der Waals surface area contributed by atoms with Crippen molar-refractivity contribution in [2.75, 3.05) is 7.05 Å². The minimum absolute atomic E-state index is 0.0328. The zero-order valence-corrected chi connectivity index (χ0v) is 26.1. The van der Waals surface area contributed by atoms with Crippen molar-refractivity contribution in [1.82, 2.24) is 10.2 Å². The molecule has 0 fully saturated rings. The average Bonchev–Trinajstić information content (AvgIpc) is 2.87. The third-order valence-electron chi connectivity index (χ3n) is 5.96. The van der Waals surface area contributed by atoms with Crippen LogP contribution in [0.5, 0.6) is 0 Å². The van der Waals surface area contributed by atoms with Crippen molar-refractivity contribution in [1.29, 1.82) is 5.41 Å². The van der Waals surface area contributed by atoms with E-state index in [0.717, 1.165) is 50.3 Å². The summed E-state index contributed by atoms with van der Waals surface area (Å²) < 4.78 is 0. The highest BCUT2D eigenvalue weighted by molar-refractivity contribution is 8.17. The molecule has 0 spiro atoms. The molecule has 0 saturated heterocycles. The van der Waals surface area contributed by atoms with Gasteiger partial charge >= 0.3 is 0 Å².